The maximum Gasteiger partial charge on any atom is 0.327 e. The number of rotatable bonds is 5. The summed E-state index contributed by atoms with van der Waals surface area (Å²) in [6.45, 7) is 6.83. The standard InChI is InChI=1S/C14H19ClN2O3S/c1-10-14(2,3)12-8-11(15)9-17(13(12)16-10)6-4-5-7-21(18,19)20/h8-9H,4-7H2,1-3H3/p+1. The minimum absolute atomic E-state index is 0.142. The van der Waals surface area contributed by atoms with Crippen LogP contribution in [0, 0.1) is 0 Å². The lowest BCUT2D eigenvalue weighted by atomic mass is 9.83. The van der Waals surface area contributed by atoms with Gasteiger partial charge in [-0.3, -0.25) is 4.55 Å². The number of hydrogen-bond acceptors (Lipinski definition) is 3. The minimum atomic E-state index is -3.89. The summed E-state index contributed by atoms with van der Waals surface area (Å²) in [4.78, 5) is 4.63. The summed E-state index contributed by atoms with van der Waals surface area (Å²) >= 11 is 6.18. The van der Waals surface area contributed by atoms with E-state index >= 15 is 0 Å². The number of pyridine rings is 1. The smallest absolute Gasteiger partial charge is 0.286 e. The normalized spacial score (nSPS) is 16.7. The first-order chi connectivity index (χ1) is 9.61. The van der Waals surface area contributed by atoms with Gasteiger partial charge in [-0.15, -0.1) is 0 Å². The molecule has 2 rings (SSSR count). The lowest BCUT2D eigenvalue weighted by Gasteiger charge is -2.16. The van der Waals surface area contributed by atoms with Crippen molar-refractivity contribution in [2.45, 2.75) is 45.6 Å². The van der Waals surface area contributed by atoms with Gasteiger partial charge in [-0.1, -0.05) is 11.6 Å². The molecule has 1 aliphatic rings. The highest BCUT2D eigenvalue weighted by atomic mass is 35.5. The molecule has 1 aliphatic heterocycles. The van der Waals surface area contributed by atoms with Crippen LogP contribution in [0.25, 0.3) is 0 Å². The van der Waals surface area contributed by atoms with Gasteiger partial charge in [0.15, 0.2) is 0 Å². The Labute approximate surface area is 130 Å². The number of aliphatic imine (C=N–C) groups is 1. The Morgan fingerprint density at radius 2 is 2.05 bits per heavy atom. The highest BCUT2D eigenvalue weighted by Gasteiger charge is 2.41. The molecular weight excluding hydrogens is 312 g/mol. The van der Waals surface area contributed by atoms with E-state index in [4.69, 9.17) is 16.2 Å². The van der Waals surface area contributed by atoms with E-state index in [0.29, 0.717) is 24.4 Å². The van der Waals surface area contributed by atoms with Crippen molar-refractivity contribution in [3.05, 3.63) is 22.8 Å². The molecule has 0 amide bonds. The number of aromatic nitrogens is 1. The van der Waals surface area contributed by atoms with Crippen molar-refractivity contribution in [1.82, 2.24) is 0 Å². The van der Waals surface area contributed by atoms with Gasteiger partial charge in [-0.2, -0.15) is 8.42 Å². The lowest BCUT2D eigenvalue weighted by Crippen LogP contribution is -2.35. The van der Waals surface area contributed by atoms with Crippen LogP contribution in [0.15, 0.2) is 17.3 Å². The predicted octanol–water partition coefficient (Wildman–Crippen LogP) is 2.68. The lowest BCUT2D eigenvalue weighted by molar-refractivity contribution is -0.684. The van der Waals surface area contributed by atoms with Gasteiger partial charge in [0, 0.05) is 0 Å². The molecule has 0 aliphatic carbocycles. The van der Waals surface area contributed by atoms with Crippen LogP contribution in [0.5, 0.6) is 0 Å². The largest absolute Gasteiger partial charge is 0.327 e. The molecule has 2 heterocycles. The first kappa shape index (κ1) is 16.4. The molecule has 0 saturated carbocycles. The molecule has 0 saturated heterocycles. The van der Waals surface area contributed by atoms with E-state index in [0.717, 1.165) is 17.1 Å². The minimum Gasteiger partial charge on any atom is -0.286 e. The highest BCUT2D eigenvalue weighted by Crippen LogP contribution is 2.38. The Hall–Kier alpha value is -0.980. The molecule has 5 nitrogen and oxygen atoms in total. The molecule has 1 aromatic heterocycles. The molecule has 1 aromatic rings. The summed E-state index contributed by atoms with van der Waals surface area (Å²) in [6, 6.07) is 1.94. The summed E-state index contributed by atoms with van der Waals surface area (Å²) in [6.07, 6.45) is 2.84. The van der Waals surface area contributed by atoms with Gasteiger partial charge in [-0.05, 0) is 44.7 Å². The Morgan fingerprint density at radius 1 is 1.38 bits per heavy atom. The van der Waals surface area contributed by atoms with Crippen LogP contribution in [-0.4, -0.2) is 24.4 Å². The molecule has 0 atom stereocenters. The van der Waals surface area contributed by atoms with Gasteiger partial charge in [0.05, 0.1) is 28.3 Å². The number of aryl methyl sites for hydroxylation is 1. The Kier molecular flexibility index (Phi) is 4.42. The summed E-state index contributed by atoms with van der Waals surface area (Å²) in [5.74, 6) is 0.665. The van der Waals surface area contributed by atoms with Crippen molar-refractivity contribution in [3.8, 4) is 0 Å². The van der Waals surface area contributed by atoms with E-state index in [1.54, 1.807) is 0 Å². The van der Waals surface area contributed by atoms with Gasteiger partial charge < -0.3 is 0 Å². The second-order valence-corrected chi connectivity index (χ2v) is 7.91. The Balaban J connectivity index is 2.19. The monoisotopic (exact) mass is 331 g/mol. The Bertz CT molecular complexity index is 696. The van der Waals surface area contributed by atoms with Crippen LogP contribution in [0.3, 0.4) is 0 Å². The summed E-state index contributed by atoms with van der Waals surface area (Å²) in [5, 5.41) is 0.640. The molecule has 0 aromatic carbocycles. The molecule has 1 N–H and O–H groups in total. The summed E-state index contributed by atoms with van der Waals surface area (Å²) in [5.41, 5.74) is 1.98. The highest BCUT2D eigenvalue weighted by molar-refractivity contribution is 7.85. The first-order valence-electron chi connectivity index (χ1n) is 6.85. The second-order valence-electron chi connectivity index (χ2n) is 5.90. The van der Waals surface area contributed by atoms with E-state index in [2.05, 4.69) is 18.8 Å². The number of nitrogens with zero attached hydrogens (tertiary/aromatic N) is 2. The molecule has 0 bridgehead atoms. The molecule has 0 unspecified atom stereocenters. The van der Waals surface area contributed by atoms with E-state index in [9.17, 15) is 8.42 Å². The molecule has 116 valence electrons. The molecular formula is C14H20ClN2O3S+. The topological polar surface area (TPSA) is 70.6 Å². The van der Waals surface area contributed by atoms with E-state index in [1.165, 1.54) is 0 Å². The van der Waals surface area contributed by atoms with Crippen LogP contribution in [0.4, 0.5) is 5.82 Å². The van der Waals surface area contributed by atoms with E-state index in [1.807, 2.05) is 23.8 Å². The van der Waals surface area contributed by atoms with Gasteiger partial charge in [-0.25, -0.2) is 4.57 Å². The van der Waals surface area contributed by atoms with Crippen LogP contribution < -0.4 is 4.57 Å². The SMILES string of the molecule is CC1=Nc2c(cc(Cl)c[n+]2CCCCS(=O)(=O)O)C1(C)C. The van der Waals surface area contributed by atoms with Crippen LogP contribution in [-0.2, 0) is 22.1 Å². The maximum atomic E-state index is 10.7. The summed E-state index contributed by atoms with van der Waals surface area (Å²) in [7, 11) is -3.89. The van der Waals surface area contributed by atoms with E-state index in [-0.39, 0.29) is 11.2 Å². The van der Waals surface area contributed by atoms with Crippen LogP contribution >= 0.6 is 11.6 Å². The third-order valence-corrected chi connectivity index (χ3v) is 4.99. The van der Waals surface area contributed by atoms with Gasteiger partial charge in [0.1, 0.15) is 11.9 Å². The zero-order valence-corrected chi connectivity index (χ0v) is 14.0. The van der Waals surface area contributed by atoms with Gasteiger partial charge in [0.25, 0.3) is 10.1 Å². The van der Waals surface area contributed by atoms with Gasteiger partial charge in [0.2, 0.25) is 0 Å². The van der Waals surface area contributed by atoms with Crippen molar-refractivity contribution in [3.63, 3.8) is 0 Å². The molecule has 0 radical (unpaired) electrons. The van der Waals surface area contributed by atoms with Gasteiger partial charge >= 0.3 is 5.82 Å². The van der Waals surface area contributed by atoms with Crippen LogP contribution in [0.2, 0.25) is 5.02 Å². The zero-order chi connectivity index (χ0) is 15.8. The van der Waals surface area contributed by atoms with Crippen LogP contribution in [0.1, 0.15) is 39.2 Å². The second kappa shape index (κ2) is 5.66. The fraction of sp³-hybridized carbons (Fsp3) is 0.571. The molecule has 0 spiro atoms. The van der Waals surface area contributed by atoms with Crippen molar-refractivity contribution in [1.29, 1.82) is 0 Å². The predicted molar refractivity (Wildman–Crippen MR) is 83.1 cm³/mol. The van der Waals surface area contributed by atoms with Crippen molar-refractivity contribution in [2.75, 3.05) is 5.75 Å². The summed E-state index contributed by atoms with van der Waals surface area (Å²) < 4.78 is 32.1. The third kappa shape index (κ3) is 3.62. The van der Waals surface area contributed by atoms with Crippen molar-refractivity contribution < 1.29 is 17.5 Å². The van der Waals surface area contributed by atoms with Crippen molar-refractivity contribution in [2.24, 2.45) is 4.99 Å². The van der Waals surface area contributed by atoms with Crippen molar-refractivity contribution >= 4 is 33.2 Å². The number of unbranched alkanes of at least 4 members (excludes halogenated alkanes) is 1. The fourth-order valence-electron chi connectivity index (χ4n) is 2.42. The fourth-order valence-corrected chi connectivity index (χ4v) is 3.22. The third-order valence-electron chi connectivity index (χ3n) is 3.98. The maximum absolute atomic E-state index is 10.7. The average Bonchev–Trinajstić information content (AvgIpc) is 2.56. The number of hydrogen-bond donors (Lipinski definition) is 1. The quantitative estimate of drug-likeness (QED) is 0.512. The zero-order valence-electron chi connectivity index (χ0n) is 12.4. The van der Waals surface area contributed by atoms with E-state index < -0.39 is 10.1 Å². The molecule has 0 fully saturated rings. The molecule has 21 heavy (non-hydrogen) atoms. The Morgan fingerprint density at radius 3 is 2.67 bits per heavy atom. The molecule has 7 heteroatoms. The first-order valence-corrected chi connectivity index (χ1v) is 8.84. The average molecular weight is 332 g/mol. The number of halogens is 1. The number of fused-ring (bicyclic) bond motifs is 1.